The van der Waals surface area contributed by atoms with Crippen molar-refractivity contribution >= 4 is 33.1 Å². The van der Waals surface area contributed by atoms with Crippen LogP contribution in [-0.2, 0) is 6.54 Å². The highest BCUT2D eigenvalue weighted by atomic mass is 79.9. The third kappa shape index (κ3) is 2.04. The maximum Gasteiger partial charge on any atom is 0.407 e. The van der Waals surface area contributed by atoms with Crippen molar-refractivity contribution in [2.24, 2.45) is 5.92 Å². The Kier molecular flexibility index (Phi) is 2.96. The van der Waals surface area contributed by atoms with Crippen LogP contribution >= 0.6 is 15.9 Å². The number of fused-ring (bicyclic) bond motifs is 3. The Morgan fingerprint density at radius 2 is 2.24 bits per heavy atom. The average Bonchev–Trinajstić information content (AvgIpc) is 3.11. The van der Waals surface area contributed by atoms with Crippen molar-refractivity contribution in [3.05, 3.63) is 29.0 Å². The van der Waals surface area contributed by atoms with Crippen molar-refractivity contribution in [1.82, 2.24) is 14.5 Å². The molecule has 2 fully saturated rings. The number of hydrogen-bond acceptors (Lipinski definition) is 2. The number of halogens is 1. The molecule has 3 unspecified atom stereocenters. The SMILES string of the molecule is O=C(O)N1C2CCC1C(Cn1ccc3nc(Br)ccc31)C2. The fourth-order valence-electron chi connectivity index (χ4n) is 4.07. The molecule has 2 bridgehead atoms. The molecule has 2 aliphatic rings. The summed E-state index contributed by atoms with van der Waals surface area (Å²) >= 11 is 3.39. The summed E-state index contributed by atoms with van der Waals surface area (Å²) in [5.41, 5.74) is 2.09. The fourth-order valence-corrected chi connectivity index (χ4v) is 4.39. The summed E-state index contributed by atoms with van der Waals surface area (Å²) in [4.78, 5) is 17.5. The molecule has 4 heterocycles. The number of amides is 1. The summed E-state index contributed by atoms with van der Waals surface area (Å²) in [6.45, 7) is 0.873. The van der Waals surface area contributed by atoms with Gasteiger partial charge in [-0.3, -0.25) is 0 Å². The largest absolute Gasteiger partial charge is 0.465 e. The third-order valence-electron chi connectivity index (χ3n) is 4.91. The lowest BCUT2D eigenvalue weighted by molar-refractivity contribution is 0.135. The molecule has 4 rings (SSSR count). The van der Waals surface area contributed by atoms with Crippen molar-refractivity contribution < 1.29 is 9.90 Å². The maximum absolute atomic E-state index is 11.4. The molecule has 110 valence electrons. The molecule has 2 aliphatic heterocycles. The van der Waals surface area contributed by atoms with Crippen LogP contribution in [0.15, 0.2) is 29.0 Å². The summed E-state index contributed by atoms with van der Waals surface area (Å²) < 4.78 is 3.05. The minimum atomic E-state index is -0.757. The maximum atomic E-state index is 11.4. The summed E-state index contributed by atoms with van der Waals surface area (Å²) in [5.74, 6) is 0.416. The number of rotatable bonds is 2. The molecule has 0 radical (unpaired) electrons. The van der Waals surface area contributed by atoms with Gasteiger partial charge in [0.05, 0.1) is 11.0 Å². The van der Waals surface area contributed by atoms with Crippen molar-refractivity contribution in [2.75, 3.05) is 0 Å². The zero-order valence-electron chi connectivity index (χ0n) is 11.4. The minimum absolute atomic E-state index is 0.188. The van der Waals surface area contributed by atoms with Crippen LogP contribution in [0.2, 0.25) is 0 Å². The van der Waals surface area contributed by atoms with Crippen LogP contribution in [0.1, 0.15) is 19.3 Å². The van der Waals surface area contributed by atoms with Gasteiger partial charge in [-0.05, 0) is 59.3 Å². The number of carboxylic acid groups (broad SMARTS) is 1. The van der Waals surface area contributed by atoms with Gasteiger partial charge >= 0.3 is 6.09 Å². The van der Waals surface area contributed by atoms with Gasteiger partial charge in [0.15, 0.2) is 0 Å². The predicted octanol–water partition coefficient (Wildman–Crippen LogP) is 3.33. The summed E-state index contributed by atoms with van der Waals surface area (Å²) in [5, 5.41) is 9.34. The molecule has 2 saturated heterocycles. The average molecular weight is 350 g/mol. The van der Waals surface area contributed by atoms with Crippen molar-refractivity contribution in [2.45, 2.75) is 37.9 Å². The highest BCUT2D eigenvalue weighted by molar-refractivity contribution is 9.10. The van der Waals surface area contributed by atoms with Crippen LogP contribution in [0.3, 0.4) is 0 Å². The molecular formula is C15H16BrN3O2. The van der Waals surface area contributed by atoms with Crippen LogP contribution in [0.4, 0.5) is 4.79 Å². The lowest BCUT2D eigenvalue weighted by Gasteiger charge is -2.22. The van der Waals surface area contributed by atoms with E-state index in [0.29, 0.717) is 5.92 Å². The molecule has 0 saturated carbocycles. The van der Waals surface area contributed by atoms with E-state index in [0.717, 1.165) is 41.4 Å². The highest BCUT2D eigenvalue weighted by Gasteiger charge is 2.48. The van der Waals surface area contributed by atoms with E-state index in [1.807, 2.05) is 12.1 Å². The van der Waals surface area contributed by atoms with Gasteiger partial charge in [0.2, 0.25) is 0 Å². The van der Waals surface area contributed by atoms with Crippen molar-refractivity contribution in [1.29, 1.82) is 0 Å². The Morgan fingerprint density at radius 1 is 1.38 bits per heavy atom. The quantitative estimate of drug-likeness (QED) is 0.846. The number of hydrogen-bond donors (Lipinski definition) is 1. The second kappa shape index (κ2) is 4.73. The van der Waals surface area contributed by atoms with E-state index in [1.54, 1.807) is 4.90 Å². The van der Waals surface area contributed by atoms with E-state index in [4.69, 9.17) is 0 Å². The standard InChI is InChI=1S/C15H16BrN3O2/c16-14-4-3-13-11(17-14)5-6-18(13)8-9-7-10-1-2-12(9)19(10)15(20)21/h3-6,9-10,12H,1-2,7-8H2,(H,20,21). The second-order valence-corrected chi connectivity index (χ2v) is 6.80. The van der Waals surface area contributed by atoms with Crippen LogP contribution in [-0.4, -0.2) is 37.7 Å². The van der Waals surface area contributed by atoms with E-state index in [2.05, 4.69) is 37.7 Å². The zero-order chi connectivity index (χ0) is 14.6. The number of carbonyl (C=O) groups is 1. The van der Waals surface area contributed by atoms with Gasteiger partial charge in [-0.2, -0.15) is 0 Å². The fraction of sp³-hybridized carbons (Fsp3) is 0.467. The smallest absolute Gasteiger partial charge is 0.407 e. The molecule has 0 aromatic carbocycles. The lowest BCUT2D eigenvalue weighted by Crippen LogP contribution is -2.35. The minimum Gasteiger partial charge on any atom is -0.465 e. The topological polar surface area (TPSA) is 58.4 Å². The Hall–Kier alpha value is -1.56. The van der Waals surface area contributed by atoms with Gasteiger partial charge in [0, 0.05) is 24.8 Å². The summed E-state index contributed by atoms with van der Waals surface area (Å²) in [7, 11) is 0. The molecule has 5 nitrogen and oxygen atoms in total. The molecule has 21 heavy (non-hydrogen) atoms. The van der Waals surface area contributed by atoms with Crippen LogP contribution in [0.25, 0.3) is 11.0 Å². The molecule has 1 amide bonds. The molecule has 0 spiro atoms. The first kappa shape index (κ1) is 13.1. The summed E-state index contributed by atoms with van der Waals surface area (Å²) in [6.07, 6.45) is 4.31. The van der Waals surface area contributed by atoms with E-state index in [1.165, 1.54) is 0 Å². The molecule has 0 aliphatic carbocycles. The van der Waals surface area contributed by atoms with Gasteiger partial charge in [-0.25, -0.2) is 9.78 Å². The first-order chi connectivity index (χ1) is 10.1. The Labute approximate surface area is 130 Å². The van der Waals surface area contributed by atoms with Gasteiger partial charge in [0.1, 0.15) is 4.60 Å². The van der Waals surface area contributed by atoms with Crippen LogP contribution in [0.5, 0.6) is 0 Å². The monoisotopic (exact) mass is 349 g/mol. The normalized spacial score (nSPS) is 27.7. The number of nitrogens with zero attached hydrogens (tertiary/aromatic N) is 3. The third-order valence-corrected chi connectivity index (χ3v) is 5.35. The first-order valence-electron chi connectivity index (χ1n) is 7.26. The van der Waals surface area contributed by atoms with Crippen LogP contribution < -0.4 is 0 Å². The van der Waals surface area contributed by atoms with Crippen LogP contribution in [0, 0.1) is 5.92 Å². The van der Waals surface area contributed by atoms with E-state index in [-0.39, 0.29) is 12.1 Å². The summed E-state index contributed by atoms with van der Waals surface area (Å²) in [6, 6.07) is 6.44. The van der Waals surface area contributed by atoms with Gasteiger partial charge < -0.3 is 14.6 Å². The molecule has 6 heteroatoms. The van der Waals surface area contributed by atoms with E-state index >= 15 is 0 Å². The number of aromatic nitrogens is 2. The highest BCUT2D eigenvalue weighted by Crippen LogP contribution is 2.42. The van der Waals surface area contributed by atoms with Gasteiger partial charge in [-0.15, -0.1) is 0 Å². The molecule has 1 N–H and O–H groups in total. The van der Waals surface area contributed by atoms with Crippen molar-refractivity contribution in [3.8, 4) is 0 Å². The molecule has 3 atom stereocenters. The Morgan fingerprint density at radius 3 is 3.00 bits per heavy atom. The lowest BCUT2D eigenvalue weighted by atomic mass is 9.89. The van der Waals surface area contributed by atoms with Crippen molar-refractivity contribution in [3.63, 3.8) is 0 Å². The van der Waals surface area contributed by atoms with Gasteiger partial charge in [-0.1, -0.05) is 0 Å². The Balaban J connectivity index is 1.60. The predicted molar refractivity (Wildman–Crippen MR) is 82.2 cm³/mol. The molecule has 2 aromatic heterocycles. The molecular weight excluding hydrogens is 334 g/mol. The van der Waals surface area contributed by atoms with E-state index in [9.17, 15) is 9.90 Å². The second-order valence-electron chi connectivity index (χ2n) is 5.99. The van der Waals surface area contributed by atoms with E-state index < -0.39 is 6.09 Å². The molecule has 2 aromatic rings. The Bertz CT molecular complexity index is 714. The number of pyridine rings is 1. The zero-order valence-corrected chi connectivity index (χ0v) is 13.0. The first-order valence-corrected chi connectivity index (χ1v) is 8.05. The van der Waals surface area contributed by atoms with Gasteiger partial charge in [0.25, 0.3) is 0 Å².